The topological polar surface area (TPSA) is 50.2 Å². The van der Waals surface area contributed by atoms with Crippen LogP contribution >= 0.6 is 11.3 Å². The van der Waals surface area contributed by atoms with Gasteiger partial charge in [0.25, 0.3) is 5.91 Å². The van der Waals surface area contributed by atoms with Gasteiger partial charge in [-0.15, -0.1) is 11.3 Å². The fourth-order valence-corrected chi connectivity index (χ4v) is 4.61. The smallest absolute Gasteiger partial charge is 0.270 e. The van der Waals surface area contributed by atoms with E-state index in [1.54, 1.807) is 34.2 Å². The van der Waals surface area contributed by atoms with Gasteiger partial charge in [0.1, 0.15) is 17.2 Å². The zero-order valence-corrected chi connectivity index (χ0v) is 18.0. The van der Waals surface area contributed by atoms with E-state index in [1.807, 2.05) is 17.5 Å². The molecule has 1 aliphatic heterocycles. The lowest BCUT2D eigenvalue weighted by Gasteiger charge is -2.33. The van der Waals surface area contributed by atoms with Gasteiger partial charge in [0, 0.05) is 19.1 Å². The highest BCUT2D eigenvalue weighted by Gasteiger charge is 2.19. The number of nitrogens with one attached hydrogen (secondary N) is 1. The summed E-state index contributed by atoms with van der Waals surface area (Å²) in [5.74, 6) is -0.483. The van der Waals surface area contributed by atoms with Gasteiger partial charge < -0.3 is 10.2 Å². The normalized spacial score (nSPS) is 17.2. The molecule has 1 N–H and O–H groups in total. The monoisotopic (exact) mass is 426 g/mol. The van der Waals surface area contributed by atoms with Crippen LogP contribution in [0, 0.1) is 5.82 Å². The number of halogens is 1. The second kappa shape index (κ2) is 9.53. The highest BCUT2D eigenvalue weighted by Crippen LogP contribution is 2.26. The van der Waals surface area contributed by atoms with Crippen molar-refractivity contribution >= 4 is 17.2 Å². The summed E-state index contributed by atoms with van der Waals surface area (Å²) in [6.07, 6.45) is 4.75. The van der Waals surface area contributed by atoms with Crippen LogP contribution in [0.1, 0.15) is 43.1 Å². The number of hydrogen-bond acceptors (Lipinski definition) is 4. The number of aromatic nitrogens is 2. The van der Waals surface area contributed by atoms with Crippen molar-refractivity contribution in [2.24, 2.45) is 0 Å². The number of carbonyl (C=O) groups is 1. The molecule has 30 heavy (non-hydrogen) atoms. The van der Waals surface area contributed by atoms with E-state index in [4.69, 9.17) is 0 Å². The zero-order valence-electron chi connectivity index (χ0n) is 17.2. The number of thiophene rings is 1. The molecule has 0 aliphatic carbocycles. The Bertz CT molecular complexity index is 968. The first-order valence-corrected chi connectivity index (χ1v) is 11.4. The molecule has 3 aromatic rings. The summed E-state index contributed by atoms with van der Waals surface area (Å²) in [6.45, 7) is 5.05. The summed E-state index contributed by atoms with van der Waals surface area (Å²) in [7, 11) is 0. The molecule has 7 heteroatoms. The van der Waals surface area contributed by atoms with Crippen LogP contribution in [0.3, 0.4) is 0 Å². The highest BCUT2D eigenvalue weighted by atomic mass is 32.1. The molecule has 0 radical (unpaired) electrons. The molecule has 0 spiro atoms. The number of nitrogens with zero attached hydrogens (tertiary/aromatic N) is 3. The molecule has 158 valence electrons. The van der Waals surface area contributed by atoms with Gasteiger partial charge in [-0.3, -0.25) is 4.79 Å². The van der Waals surface area contributed by atoms with Crippen LogP contribution in [0.25, 0.3) is 16.3 Å². The maximum atomic E-state index is 13.4. The molecule has 0 bridgehead atoms. The van der Waals surface area contributed by atoms with Gasteiger partial charge in [-0.25, -0.2) is 9.07 Å². The number of likely N-dealkylation sites (tertiary alicyclic amines) is 1. The molecule has 3 heterocycles. The van der Waals surface area contributed by atoms with Crippen LogP contribution in [0.15, 0.2) is 47.8 Å². The number of amides is 1. The van der Waals surface area contributed by atoms with Crippen molar-refractivity contribution in [2.75, 3.05) is 19.6 Å². The Kier molecular flexibility index (Phi) is 6.59. The third kappa shape index (κ3) is 4.79. The fraction of sp³-hybridized carbons (Fsp3) is 0.391. The van der Waals surface area contributed by atoms with Crippen LogP contribution in [0.4, 0.5) is 4.39 Å². The largest absolute Gasteiger partial charge is 0.351 e. The molecular formula is C23H27FN4OS. The lowest BCUT2D eigenvalue weighted by Crippen LogP contribution is -2.39. The first-order chi connectivity index (χ1) is 14.6. The van der Waals surface area contributed by atoms with Crippen LogP contribution in [-0.2, 0) is 0 Å². The lowest BCUT2D eigenvalue weighted by molar-refractivity contribution is 0.0941. The summed E-state index contributed by atoms with van der Waals surface area (Å²) in [5.41, 5.74) is 1.85. The Balaban J connectivity index is 1.46. The second-order valence-electron chi connectivity index (χ2n) is 7.77. The Morgan fingerprint density at radius 2 is 2.10 bits per heavy atom. The molecule has 0 unspecified atom stereocenters. The molecule has 1 atom stereocenters. The molecule has 1 fully saturated rings. The van der Waals surface area contributed by atoms with Crippen molar-refractivity contribution in [3.63, 3.8) is 0 Å². The molecular weight excluding hydrogens is 399 g/mol. The molecule has 1 aliphatic rings. The zero-order chi connectivity index (χ0) is 20.9. The van der Waals surface area contributed by atoms with E-state index in [1.165, 1.54) is 31.4 Å². The van der Waals surface area contributed by atoms with Gasteiger partial charge >= 0.3 is 0 Å². The minimum Gasteiger partial charge on any atom is -0.351 e. The van der Waals surface area contributed by atoms with Crippen molar-refractivity contribution in [3.8, 4) is 16.3 Å². The third-order valence-electron chi connectivity index (χ3n) is 5.64. The van der Waals surface area contributed by atoms with Crippen molar-refractivity contribution < 1.29 is 9.18 Å². The minimum atomic E-state index is -0.317. The van der Waals surface area contributed by atoms with E-state index in [-0.39, 0.29) is 11.7 Å². The maximum Gasteiger partial charge on any atom is 0.270 e. The van der Waals surface area contributed by atoms with E-state index >= 15 is 0 Å². The predicted molar refractivity (Wildman–Crippen MR) is 119 cm³/mol. The van der Waals surface area contributed by atoms with E-state index in [2.05, 4.69) is 22.2 Å². The molecule has 4 rings (SSSR count). The van der Waals surface area contributed by atoms with Gasteiger partial charge in [-0.05, 0) is 74.5 Å². The Labute approximate surface area is 180 Å². The SMILES string of the molecule is C[C@H]1CCCCN1CCCNC(=O)c1cc(-c2cccs2)nn1-c1ccc(F)cc1. The summed E-state index contributed by atoms with van der Waals surface area (Å²) in [5, 5.41) is 9.64. The maximum absolute atomic E-state index is 13.4. The molecule has 0 saturated carbocycles. The predicted octanol–water partition coefficient (Wildman–Crippen LogP) is 4.73. The third-order valence-corrected chi connectivity index (χ3v) is 6.53. The van der Waals surface area contributed by atoms with Crippen LogP contribution in [0.5, 0.6) is 0 Å². The lowest BCUT2D eigenvalue weighted by atomic mass is 10.0. The molecule has 1 aromatic carbocycles. The van der Waals surface area contributed by atoms with Gasteiger partial charge in [0.05, 0.1) is 10.6 Å². The van der Waals surface area contributed by atoms with Crippen molar-refractivity contribution in [3.05, 3.63) is 59.4 Å². The fourth-order valence-electron chi connectivity index (χ4n) is 3.93. The van der Waals surface area contributed by atoms with Crippen molar-refractivity contribution in [1.82, 2.24) is 20.0 Å². The number of benzene rings is 1. The average Bonchev–Trinajstić information content (AvgIpc) is 3.43. The van der Waals surface area contributed by atoms with Crippen LogP contribution in [-0.4, -0.2) is 46.3 Å². The van der Waals surface area contributed by atoms with E-state index in [9.17, 15) is 9.18 Å². The van der Waals surface area contributed by atoms with Gasteiger partial charge in [-0.1, -0.05) is 12.5 Å². The number of carbonyl (C=O) groups excluding carboxylic acids is 1. The minimum absolute atomic E-state index is 0.165. The van der Waals surface area contributed by atoms with E-state index < -0.39 is 0 Å². The standard InChI is InChI=1S/C23H27FN4OS/c1-17-6-2-3-13-27(17)14-5-12-25-23(29)21-16-20(22-7-4-15-30-22)26-28(21)19-10-8-18(24)9-11-19/h4,7-11,15-17H,2-3,5-6,12-14H2,1H3,(H,25,29)/t17-/m0/s1. The van der Waals surface area contributed by atoms with Crippen molar-refractivity contribution in [2.45, 2.75) is 38.6 Å². The van der Waals surface area contributed by atoms with Crippen LogP contribution in [0.2, 0.25) is 0 Å². The van der Waals surface area contributed by atoms with Gasteiger partial charge in [0.15, 0.2) is 0 Å². The molecule has 5 nitrogen and oxygen atoms in total. The van der Waals surface area contributed by atoms with Crippen molar-refractivity contribution in [1.29, 1.82) is 0 Å². The Morgan fingerprint density at radius 1 is 1.27 bits per heavy atom. The van der Waals surface area contributed by atoms with E-state index in [0.717, 1.165) is 30.1 Å². The first-order valence-electron chi connectivity index (χ1n) is 10.5. The van der Waals surface area contributed by atoms with Crippen LogP contribution < -0.4 is 5.32 Å². The summed E-state index contributed by atoms with van der Waals surface area (Å²) >= 11 is 1.57. The van der Waals surface area contributed by atoms with Gasteiger partial charge in [0.2, 0.25) is 0 Å². The summed E-state index contributed by atoms with van der Waals surface area (Å²) in [4.78, 5) is 16.4. The summed E-state index contributed by atoms with van der Waals surface area (Å²) < 4.78 is 15.0. The number of hydrogen-bond donors (Lipinski definition) is 1. The average molecular weight is 427 g/mol. The number of rotatable bonds is 7. The highest BCUT2D eigenvalue weighted by molar-refractivity contribution is 7.13. The first kappa shape index (κ1) is 20.8. The van der Waals surface area contributed by atoms with Gasteiger partial charge in [-0.2, -0.15) is 5.10 Å². The quantitative estimate of drug-likeness (QED) is 0.556. The molecule has 1 saturated heterocycles. The Morgan fingerprint density at radius 3 is 2.83 bits per heavy atom. The summed E-state index contributed by atoms with van der Waals surface area (Å²) in [6, 6.07) is 12.4. The molecule has 1 amide bonds. The Hall–Kier alpha value is -2.51. The van der Waals surface area contributed by atoms with E-state index in [0.29, 0.717) is 24.0 Å². The number of piperidine rings is 1. The second-order valence-corrected chi connectivity index (χ2v) is 8.72. The molecule has 2 aromatic heterocycles.